The zero-order valence-electron chi connectivity index (χ0n) is 20.5. The third-order valence-corrected chi connectivity index (χ3v) is 18.2. The van der Waals surface area contributed by atoms with Crippen molar-refractivity contribution in [2.24, 2.45) is 0 Å². The van der Waals surface area contributed by atoms with Gasteiger partial charge in [0, 0.05) is 26.8 Å². The number of hydrogen-bond acceptors (Lipinski definition) is 3. The summed E-state index contributed by atoms with van der Waals surface area (Å²) in [6.07, 6.45) is 0. The van der Waals surface area contributed by atoms with E-state index in [-0.39, 0.29) is 0 Å². The van der Waals surface area contributed by atoms with E-state index in [4.69, 9.17) is 14.2 Å². The van der Waals surface area contributed by atoms with Crippen molar-refractivity contribution >= 4 is 214 Å². The summed E-state index contributed by atoms with van der Waals surface area (Å²) >= 11 is 46.1. The van der Waals surface area contributed by atoms with Crippen molar-refractivity contribution in [3.63, 3.8) is 0 Å². The minimum Gasteiger partial charge on any atom is -0.491 e. The Labute approximate surface area is 334 Å². The first-order valence-corrected chi connectivity index (χ1v) is 20.7. The summed E-state index contributed by atoms with van der Waals surface area (Å²) in [6, 6.07) is 0. The number of rotatable bonds is 9. The average Bonchev–Trinajstić information content (AvgIpc) is 2.92. The Morgan fingerprint density at radius 3 is 0.675 bits per heavy atom. The van der Waals surface area contributed by atoms with Crippen molar-refractivity contribution in [3.05, 3.63) is 53.7 Å². The van der Waals surface area contributed by atoms with E-state index in [2.05, 4.69) is 191 Å². The Kier molecular flexibility index (Phi) is 15.1. The number of benzene rings is 3. The summed E-state index contributed by atoms with van der Waals surface area (Å²) < 4.78 is 27.5. The summed E-state index contributed by atoms with van der Waals surface area (Å²) in [4.78, 5) is 0. The molecule has 0 aliphatic carbocycles. The van der Waals surface area contributed by atoms with Crippen LogP contribution in [0.1, 0.15) is 20.8 Å². The molecule has 0 aliphatic rings. The Morgan fingerprint density at radius 1 is 0.350 bits per heavy atom. The summed E-state index contributed by atoms with van der Waals surface area (Å²) in [6.45, 7) is 6.96. The molecule has 0 atom stereocenters. The molecule has 0 bridgehead atoms. The molecule has 3 nitrogen and oxygen atoms in total. The highest BCUT2D eigenvalue weighted by atomic mass is 79.9. The van der Waals surface area contributed by atoms with Crippen LogP contribution in [-0.2, 0) is 0 Å². The first kappa shape index (κ1) is 37.3. The summed E-state index contributed by atoms with van der Waals surface area (Å²) in [5, 5.41) is 0. The topological polar surface area (TPSA) is 27.7 Å². The van der Waals surface area contributed by atoms with Crippen LogP contribution in [0.2, 0.25) is 0 Å². The molecule has 0 radical (unpaired) electrons. The molecular weight excluding hydrogens is 1310 g/mol. The Morgan fingerprint density at radius 2 is 0.525 bits per heavy atom. The standard InChI is InChI=1S/C24H15BBr12O3/c1-4-38-22-16(32)10(26)7(11(27)17(22)33)25(8-12(28)18(34)23(39-5-2)19(35)13(8)29)9-14(30)20(36)24(40-6-3)21(37)15(9)31/h4-6H2,1-3H3. The van der Waals surface area contributed by atoms with Crippen LogP contribution < -0.4 is 30.6 Å². The van der Waals surface area contributed by atoms with Crippen LogP contribution in [0.15, 0.2) is 53.7 Å². The molecule has 216 valence electrons. The first-order valence-electron chi connectivity index (χ1n) is 11.2. The lowest BCUT2D eigenvalue weighted by molar-refractivity contribution is 0.335. The van der Waals surface area contributed by atoms with Crippen LogP contribution in [0.3, 0.4) is 0 Å². The molecule has 0 unspecified atom stereocenters. The van der Waals surface area contributed by atoms with Crippen LogP contribution >= 0.6 is 191 Å². The van der Waals surface area contributed by atoms with E-state index in [9.17, 15) is 0 Å². The average molecular weight is 1320 g/mol. The summed E-state index contributed by atoms with van der Waals surface area (Å²) in [5.41, 5.74) is 2.78. The first-order chi connectivity index (χ1) is 18.8. The fourth-order valence-corrected chi connectivity index (χ4v) is 12.3. The molecule has 0 amide bonds. The molecule has 0 saturated carbocycles. The third kappa shape index (κ3) is 7.07. The van der Waals surface area contributed by atoms with E-state index >= 15 is 0 Å². The van der Waals surface area contributed by atoms with Gasteiger partial charge in [-0.25, -0.2) is 0 Å². The van der Waals surface area contributed by atoms with Gasteiger partial charge in [-0.3, -0.25) is 0 Å². The fourth-order valence-electron chi connectivity index (χ4n) is 3.89. The van der Waals surface area contributed by atoms with Crippen molar-refractivity contribution in [1.29, 1.82) is 0 Å². The van der Waals surface area contributed by atoms with Gasteiger partial charge in [0.15, 0.2) is 0 Å². The molecule has 0 N–H and O–H groups in total. The minimum atomic E-state index is -0.397. The maximum atomic E-state index is 5.98. The van der Waals surface area contributed by atoms with Gasteiger partial charge in [0.1, 0.15) is 17.2 Å². The van der Waals surface area contributed by atoms with Gasteiger partial charge in [-0.2, -0.15) is 0 Å². The second kappa shape index (κ2) is 16.1. The van der Waals surface area contributed by atoms with E-state index in [1.54, 1.807) is 0 Å². The molecular formula is C24H15BBr12O3. The molecule has 3 aromatic carbocycles. The molecule has 0 aromatic heterocycles. The monoisotopic (exact) mass is 1310 g/mol. The molecule has 0 fully saturated rings. The van der Waals surface area contributed by atoms with Gasteiger partial charge >= 0.3 is 0 Å². The van der Waals surface area contributed by atoms with Crippen molar-refractivity contribution in [2.75, 3.05) is 19.8 Å². The second-order valence-corrected chi connectivity index (χ2v) is 17.2. The van der Waals surface area contributed by atoms with Gasteiger partial charge in [-0.15, -0.1) is 0 Å². The normalized spacial score (nSPS) is 11.2. The lowest BCUT2D eigenvalue weighted by Crippen LogP contribution is -2.55. The highest BCUT2D eigenvalue weighted by molar-refractivity contribution is 9.15. The van der Waals surface area contributed by atoms with Crippen LogP contribution in [0.25, 0.3) is 0 Å². The molecule has 3 aromatic rings. The van der Waals surface area contributed by atoms with E-state index in [0.717, 1.165) is 70.1 Å². The van der Waals surface area contributed by atoms with Crippen LogP contribution in [0.4, 0.5) is 0 Å². The number of halogens is 12. The lowest BCUT2D eigenvalue weighted by Gasteiger charge is -2.28. The Balaban J connectivity index is 2.63. The van der Waals surface area contributed by atoms with Gasteiger partial charge in [-0.1, -0.05) is 0 Å². The van der Waals surface area contributed by atoms with Gasteiger partial charge in [0.05, 0.1) is 46.7 Å². The highest BCUT2D eigenvalue weighted by Gasteiger charge is 2.39. The van der Waals surface area contributed by atoms with Crippen molar-refractivity contribution in [3.8, 4) is 17.2 Å². The minimum absolute atomic E-state index is 0.397. The Bertz CT molecular complexity index is 1220. The predicted molar refractivity (Wildman–Crippen MR) is 210 cm³/mol. The smallest absolute Gasteiger partial charge is 0.250 e. The number of ether oxygens (including phenoxy) is 3. The zero-order chi connectivity index (χ0) is 30.2. The largest absolute Gasteiger partial charge is 0.491 e. The molecule has 0 aliphatic heterocycles. The van der Waals surface area contributed by atoms with E-state index in [0.29, 0.717) is 37.1 Å². The van der Waals surface area contributed by atoms with Crippen LogP contribution in [-0.4, -0.2) is 26.5 Å². The van der Waals surface area contributed by atoms with Crippen LogP contribution in [0, 0.1) is 0 Å². The van der Waals surface area contributed by atoms with E-state index < -0.39 is 6.71 Å². The molecule has 3 rings (SSSR count). The number of hydrogen-bond donors (Lipinski definition) is 0. The third-order valence-electron chi connectivity index (χ3n) is 5.50. The van der Waals surface area contributed by atoms with E-state index in [1.807, 2.05) is 20.8 Å². The van der Waals surface area contributed by atoms with Gasteiger partial charge in [-0.05, 0) is 228 Å². The summed E-state index contributed by atoms with van der Waals surface area (Å²) in [5.74, 6) is 2.05. The second-order valence-electron chi connectivity index (χ2n) is 7.73. The lowest BCUT2D eigenvalue weighted by atomic mass is 9.36. The molecule has 0 spiro atoms. The van der Waals surface area contributed by atoms with Gasteiger partial charge in [0.2, 0.25) is 6.71 Å². The summed E-state index contributed by atoms with van der Waals surface area (Å²) in [7, 11) is 0. The predicted octanol–water partition coefficient (Wildman–Crippen LogP) is 12.5. The zero-order valence-corrected chi connectivity index (χ0v) is 39.5. The van der Waals surface area contributed by atoms with E-state index in [1.165, 1.54) is 0 Å². The maximum Gasteiger partial charge on any atom is 0.250 e. The van der Waals surface area contributed by atoms with Crippen molar-refractivity contribution in [1.82, 2.24) is 0 Å². The van der Waals surface area contributed by atoms with Crippen molar-refractivity contribution in [2.45, 2.75) is 20.8 Å². The van der Waals surface area contributed by atoms with Gasteiger partial charge in [0.25, 0.3) is 0 Å². The van der Waals surface area contributed by atoms with Crippen molar-refractivity contribution < 1.29 is 14.2 Å². The Hall–Kier alpha value is 2.88. The molecule has 0 saturated heterocycles. The molecule has 40 heavy (non-hydrogen) atoms. The van der Waals surface area contributed by atoms with Gasteiger partial charge < -0.3 is 14.2 Å². The molecule has 0 heterocycles. The maximum absolute atomic E-state index is 5.98. The highest BCUT2D eigenvalue weighted by Crippen LogP contribution is 2.47. The molecule has 16 heteroatoms. The van der Waals surface area contributed by atoms with Crippen LogP contribution in [0.5, 0.6) is 17.2 Å². The fraction of sp³-hybridized carbons (Fsp3) is 0.250. The quantitative estimate of drug-likeness (QED) is 0.158. The SMILES string of the molecule is CCOc1c(Br)c(Br)c(B(c2c(Br)c(Br)c(OCC)c(Br)c2Br)c2c(Br)c(Br)c(OCC)c(Br)c2Br)c(Br)c1Br.